The van der Waals surface area contributed by atoms with Gasteiger partial charge in [0.15, 0.2) is 11.5 Å². The van der Waals surface area contributed by atoms with Gasteiger partial charge in [-0.05, 0) is 48.4 Å². The van der Waals surface area contributed by atoms with Gasteiger partial charge in [-0.2, -0.15) is 0 Å². The number of benzene rings is 1. The summed E-state index contributed by atoms with van der Waals surface area (Å²) in [6, 6.07) is 9.80. The van der Waals surface area contributed by atoms with E-state index in [4.69, 9.17) is 9.47 Å². The Hall–Kier alpha value is -2.80. The van der Waals surface area contributed by atoms with Gasteiger partial charge in [0.1, 0.15) is 6.54 Å². The maximum atomic E-state index is 13.2. The maximum absolute atomic E-state index is 13.2. The Bertz CT molecular complexity index is 893. The Morgan fingerprint density at radius 3 is 2.55 bits per heavy atom. The molecule has 1 aliphatic carbocycles. The van der Waals surface area contributed by atoms with Crippen LogP contribution in [-0.4, -0.2) is 55.5 Å². The lowest BCUT2D eigenvalue weighted by atomic mass is 10.1. The van der Waals surface area contributed by atoms with Crippen molar-refractivity contribution in [3.63, 3.8) is 0 Å². The molecule has 1 fully saturated rings. The van der Waals surface area contributed by atoms with Crippen molar-refractivity contribution in [2.45, 2.75) is 25.8 Å². The Morgan fingerprint density at radius 1 is 1.16 bits per heavy atom. The van der Waals surface area contributed by atoms with Crippen molar-refractivity contribution < 1.29 is 19.1 Å². The van der Waals surface area contributed by atoms with Crippen LogP contribution in [0.1, 0.15) is 23.3 Å². The third-order valence-corrected chi connectivity index (χ3v) is 6.17. The molecule has 6 nitrogen and oxygen atoms in total. The van der Waals surface area contributed by atoms with Crippen LogP contribution in [0.4, 0.5) is 0 Å². The van der Waals surface area contributed by atoms with Crippen LogP contribution in [0.15, 0.2) is 48.4 Å². The summed E-state index contributed by atoms with van der Waals surface area (Å²) in [5, 5.41) is 2.01. The Kier molecular flexibility index (Phi) is 8.12. The topological polar surface area (TPSA) is 59.1 Å². The number of nitrogens with zero attached hydrogens (tertiary/aromatic N) is 2. The van der Waals surface area contributed by atoms with E-state index >= 15 is 0 Å². The number of hydrogen-bond acceptors (Lipinski definition) is 5. The summed E-state index contributed by atoms with van der Waals surface area (Å²) in [5.74, 6) is 1.43. The fourth-order valence-electron chi connectivity index (χ4n) is 3.42. The zero-order valence-corrected chi connectivity index (χ0v) is 19.0. The molecule has 0 bridgehead atoms. The first-order chi connectivity index (χ1) is 15.0. The van der Waals surface area contributed by atoms with Gasteiger partial charge in [-0.1, -0.05) is 18.2 Å². The van der Waals surface area contributed by atoms with E-state index < -0.39 is 0 Å². The van der Waals surface area contributed by atoms with Gasteiger partial charge in [-0.3, -0.25) is 9.59 Å². The molecule has 1 aromatic carbocycles. The van der Waals surface area contributed by atoms with E-state index in [0.29, 0.717) is 37.6 Å². The highest BCUT2D eigenvalue weighted by Crippen LogP contribution is 2.31. The van der Waals surface area contributed by atoms with Crippen molar-refractivity contribution in [3.05, 3.63) is 58.8 Å². The molecular weight excluding hydrogens is 412 g/mol. The highest BCUT2D eigenvalue weighted by atomic mass is 32.1. The van der Waals surface area contributed by atoms with Gasteiger partial charge in [-0.15, -0.1) is 17.9 Å². The minimum Gasteiger partial charge on any atom is -0.493 e. The van der Waals surface area contributed by atoms with E-state index in [1.807, 2.05) is 40.6 Å². The van der Waals surface area contributed by atoms with Crippen molar-refractivity contribution in [2.75, 3.05) is 33.9 Å². The first-order valence-corrected chi connectivity index (χ1v) is 11.3. The average molecular weight is 443 g/mol. The van der Waals surface area contributed by atoms with Crippen LogP contribution >= 0.6 is 11.3 Å². The molecular formula is C24H30N2O4S. The molecule has 1 saturated carbocycles. The lowest BCUT2D eigenvalue weighted by Crippen LogP contribution is -2.43. The molecule has 0 unspecified atom stereocenters. The average Bonchev–Trinajstić information content (AvgIpc) is 3.51. The highest BCUT2D eigenvalue weighted by molar-refractivity contribution is 7.09. The lowest BCUT2D eigenvalue weighted by molar-refractivity contribution is -0.141. The highest BCUT2D eigenvalue weighted by Gasteiger charge is 2.34. The smallest absolute Gasteiger partial charge is 0.242 e. The molecule has 166 valence electrons. The molecule has 7 heteroatoms. The van der Waals surface area contributed by atoms with Crippen LogP contribution in [0, 0.1) is 5.92 Å². The molecule has 0 radical (unpaired) electrons. The number of hydrogen-bond donors (Lipinski definition) is 0. The van der Waals surface area contributed by atoms with Crippen LogP contribution in [0.25, 0.3) is 0 Å². The maximum Gasteiger partial charge on any atom is 0.242 e. The Balaban J connectivity index is 1.70. The molecule has 0 saturated heterocycles. The third kappa shape index (κ3) is 6.34. The van der Waals surface area contributed by atoms with E-state index in [9.17, 15) is 9.59 Å². The van der Waals surface area contributed by atoms with Crippen LogP contribution in [0.3, 0.4) is 0 Å². The van der Waals surface area contributed by atoms with E-state index in [1.165, 1.54) is 0 Å². The normalized spacial score (nSPS) is 12.8. The van der Waals surface area contributed by atoms with Gasteiger partial charge < -0.3 is 19.3 Å². The summed E-state index contributed by atoms with van der Waals surface area (Å²) in [5.41, 5.74) is 1.05. The van der Waals surface area contributed by atoms with Gasteiger partial charge >= 0.3 is 0 Å². The molecule has 0 N–H and O–H groups in total. The molecule has 0 atom stereocenters. The largest absolute Gasteiger partial charge is 0.493 e. The van der Waals surface area contributed by atoms with Crippen LogP contribution in [0.5, 0.6) is 11.5 Å². The van der Waals surface area contributed by atoms with Gasteiger partial charge in [0, 0.05) is 23.9 Å². The predicted octanol–water partition coefficient (Wildman–Crippen LogP) is 3.76. The van der Waals surface area contributed by atoms with E-state index in [1.54, 1.807) is 36.5 Å². The number of rotatable bonds is 12. The summed E-state index contributed by atoms with van der Waals surface area (Å²) < 4.78 is 10.7. The number of ether oxygens (including phenoxy) is 2. The standard InChI is InChI=1S/C24H30N2O4S/c1-4-12-26(24(28)19-8-9-19)17-23(27)25(16-20-6-5-14-31-20)13-11-18-7-10-21(29-2)22(15-18)30-3/h4-7,10,14-15,19H,1,8-9,11-13,16-17H2,2-3H3. The number of carbonyl (C=O) groups excluding carboxylic acids is 2. The van der Waals surface area contributed by atoms with E-state index in [2.05, 4.69) is 6.58 Å². The van der Waals surface area contributed by atoms with E-state index in [0.717, 1.165) is 23.3 Å². The summed E-state index contributed by atoms with van der Waals surface area (Å²) in [4.78, 5) is 30.3. The summed E-state index contributed by atoms with van der Waals surface area (Å²) in [7, 11) is 3.22. The minimum absolute atomic E-state index is 0.0512. The molecule has 2 amide bonds. The Labute approximate surface area is 188 Å². The zero-order valence-electron chi connectivity index (χ0n) is 18.2. The molecule has 0 aliphatic heterocycles. The third-order valence-electron chi connectivity index (χ3n) is 5.31. The van der Waals surface area contributed by atoms with Gasteiger partial charge in [0.05, 0.1) is 20.8 Å². The van der Waals surface area contributed by atoms with E-state index in [-0.39, 0.29) is 24.3 Å². The molecule has 2 aromatic rings. The molecule has 31 heavy (non-hydrogen) atoms. The lowest BCUT2D eigenvalue weighted by Gasteiger charge is -2.27. The minimum atomic E-state index is -0.0512. The summed E-state index contributed by atoms with van der Waals surface area (Å²) in [6.07, 6.45) is 4.19. The van der Waals surface area contributed by atoms with Crippen LogP contribution < -0.4 is 9.47 Å². The van der Waals surface area contributed by atoms with Crippen molar-refractivity contribution in [2.24, 2.45) is 5.92 Å². The second-order valence-corrected chi connectivity index (χ2v) is 8.65. The number of thiophene rings is 1. The number of amides is 2. The van der Waals surface area contributed by atoms with Crippen molar-refractivity contribution in [3.8, 4) is 11.5 Å². The molecule has 1 heterocycles. The summed E-state index contributed by atoms with van der Waals surface area (Å²) >= 11 is 1.62. The SMILES string of the molecule is C=CCN(CC(=O)N(CCc1ccc(OC)c(OC)c1)Cc1cccs1)C(=O)C1CC1. The molecule has 1 aliphatic rings. The zero-order chi connectivity index (χ0) is 22.2. The number of methoxy groups -OCH3 is 2. The number of carbonyl (C=O) groups is 2. The summed E-state index contributed by atoms with van der Waals surface area (Å²) in [6.45, 7) is 5.30. The molecule has 3 rings (SSSR count). The first kappa shape index (κ1) is 22.9. The fourth-order valence-corrected chi connectivity index (χ4v) is 4.14. The molecule has 0 spiro atoms. The first-order valence-electron chi connectivity index (χ1n) is 10.5. The van der Waals surface area contributed by atoms with Gasteiger partial charge in [0.2, 0.25) is 11.8 Å². The van der Waals surface area contributed by atoms with Crippen molar-refractivity contribution in [1.82, 2.24) is 9.80 Å². The van der Waals surface area contributed by atoms with Crippen LogP contribution in [0.2, 0.25) is 0 Å². The van der Waals surface area contributed by atoms with Crippen molar-refractivity contribution >= 4 is 23.2 Å². The van der Waals surface area contributed by atoms with Gasteiger partial charge in [-0.25, -0.2) is 0 Å². The quantitative estimate of drug-likeness (QED) is 0.470. The van der Waals surface area contributed by atoms with Gasteiger partial charge in [0.25, 0.3) is 0 Å². The second kappa shape index (κ2) is 11.0. The van der Waals surface area contributed by atoms with Crippen LogP contribution in [-0.2, 0) is 22.6 Å². The fraction of sp³-hybridized carbons (Fsp3) is 0.417. The van der Waals surface area contributed by atoms with Crippen molar-refractivity contribution in [1.29, 1.82) is 0 Å². The Morgan fingerprint density at radius 2 is 1.94 bits per heavy atom. The monoisotopic (exact) mass is 442 g/mol. The predicted molar refractivity (Wildman–Crippen MR) is 122 cm³/mol. The second-order valence-electron chi connectivity index (χ2n) is 7.62. The molecule has 1 aromatic heterocycles.